The maximum Gasteiger partial charge on any atom is 0.433 e. The number of benzene rings is 3. The summed E-state index contributed by atoms with van der Waals surface area (Å²) >= 11 is 12.8. The highest BCUT2D eigenvalue weighted by molar-refractivity contribution is 6.33. The highest BCUT2D eigenvalue weighted by atomic mass is 35.5. The molecule has 2 aliphatic carbocycles. The summed E-state index contributed by atoms with van der Waals surface area (Å²) in [6.07, 6.45) is -3.06. The Balaban J connectivity index is 1.28. The third-order valence-electron chi connectivity index (χ3n) is 11.4. The molecule has 2 N–H and O–H groups in total. The number of amides is 4. The standard InChI is InChI=1S/C40H32Cl2F3N5O5/c1-20-8-11-23(12-9-20)47-49-36(53)28-19-26-24(33(27-18-22(41)10-16-30(27)51)39(28,38(49)55)21-6-4-3-5-7-21)13-14-25-32(26)37(54)50(35(25)52)48(2)34-29(42)15-17-31(46-34)40(43,44)45/h3-13,15-18,25-26,28,32-33,47,51H,14,19H2,1-2H3/t25-,26+,28-,32-,33+,39+/m0/s1. The van der Waals surface area contributed by atoms with Gasteiger partial charge in [0.05, 0.1) is 33.9 Å². The van der Waals surface area contributed by atoms with Gasteiger partial charge in [0.25, 0.3) is 23.6 Å². The van der Waals surface area contributed by atoms with Crippen LogP contribution in [0.2, 0.25) is 10.0 Å². The van der Waals surface area contributed by atoms with Gasteiger partial charge in [-0.1, -0.05) is 82.9 Å². The number of rotatable bonds is 6. The van der Waals surface area contributed by atoms with Gasteiger partial charge in [-0.25, -0.2) is 4.98 Å². The number of nitrogens with one attached hydrogen (secondary N) is 1. The number of halogens is 5. The maximum atomic E-state index is 15.2. The molecule has 10 nitrogen and oxygen atoms in total. The van der Waals surface area contributed by atoms with Crippen molar-refractivity contribution in [2.24, 2.45) is 23.7 Å². The first-order chi connectivity index (χ1) is 26.1. The first-order valence-electron chi connectivity index (χ1n) is 17.4. The molecule has 282 valence electrons. The number of carbonyl (C=O) groups excluding carboxylic acids is 4. The number of imide groups is 2. The van der Waals surface area contributed by atoms with E-state index in [2.05, 4.69) is 10.4 Å². The zero-order valence-electron chi connectivity index (χ0n) is 29.2. The van der Waals surface area contributed by atoms with E-state index in [0.717, 1.165) is 26.7 Å². The molecular formula is C40H32Cl2F3N5O5. The summed E-state index contributed by atoms with van der Waals surface area (Å²) < 4.78 is 41.0. The largest absolute Gasteiger partial charge is 0.508 e. The quantitative estimate of drug-likeness (QED) is 0.153. The van der Waals surface area contributed by atoms with Crippen molar-refractivity contribution in [3.8, 4) is 5.75 Å². The molecule has 2 saturated heterocycles. The van der Waals surface area contributed by atoms with Crippen molar-refractivity contribution in [1.29, 1.82) is 0 Å². The van der Waals surface area contributed by atoms with Gasteiger partial charge in [0.15, 0.2) is 5.82 Å². The summed E-state index contributed by atoms with van der Waals surface area (Å²) in [7, 11) is 1.23. The Bertz CT molecular complexity index is 2310. The fraction of sp³-hybridized carbons (Fsp3) is 0.275. The minimum absolute atomic E-state index is 0.0238. The lowest BCUT2D eigenvalue weighted by Crippen LogP contribution is -2.53. The highest BCUT2D eigenvalue weighted by Crippen LogP contribution is 2.65. The van der Waals surface area contributed by atoms with Crippen LogP contribution in [0.1, 0.15) is 41.1 Å². The lowest BCUT2D eigenvalue weighted by molar-refractivity contribution is -0.142. The van der Waals surface area contributed by atoms with E-state index < -0.39 is 76.3 Å². The summed E-state index contributed by atoms with van der Waals surface area (Å²) in [6, 6.07) is 22.0. The van der Waals surface area contributed by atoms with Gasteiger partial charge in [0.2, 0.25) is 0 Å². The van der Waals surface area contributed by atoms with Crippen LogP contribution >= 0.6 is 23.2 Å². The third-order valence-corrected chi connectivity index (χ3v) is 11.9. The molecule has 6 atom stereocenters. The minimum atomic E-state index is -4.83. The summed E-state index contributed by atoms with van der Waals surface area (Å²) in [4.78, 5) is 62.4. The topological polar surface area (TPSA) is 123 Å². The van der Waals surface area contributed by atoms with E-state index in [1.54, 1.807) is 48.5 Å². The van der Waals surface area contributed by atoms with Crippen LogP contribution in [0.3, 0.4) is 0 Å². The molecule has 3 fully saturated rings. The minimum Gasteiger partial charge on any atom is -0.508 e. The lowest BCUT2D eigenvalue weighted by Gasteiger charge is -2.50. The van der Waals surface area contributed by atoms with Crippen LogP contribution in [0.4, 0.5) is 24.7 Å². The van der Waals surface area contributed by atoms with E-state index in [1.807, 2.05) is 19.1 Å². The van der Waals surface area contributed by atoms with Gasteiger partial charge in [-0.3, -0.25) is 29.6 Å². The second kappa shape index (κ2) is 13.1. The number of anilines is 2. The molecule has 8 rings (SSSR count). The molecule has 0 spiro atoms. The van der Waals surface area contributed by atoms with Crippen molar-refractivity contribution in [1.82, 2.24) is 15.0 Å². The molecule has 2 aliphatic heterocycles. The van der Waals surface area contributed by atoms with E-state index in [0.29, 0.717) is 22.9 Å². The molecule has 4 aromatic rings. The van der Waals surface area contributed by atoms with Gasteiger partial charge >= 0.3 is 6.18 Å². The number of hydrogen-bond donors (Lipinski definition) is 2. The fourth-order valence-corrected chi connectivity index (χ4v) is 9.45. The van der Waals surface area contributed by atoms with Gasteiger partial charge < -0.3 is 5.11 Å². The normalized spacial score (nSPS) is 26.1. The van der Waals surface area contributed by atoms with E-state index in [9.17, 15) is 32.7 Å². The number of aryl methyl sites for hydroxylation is 1. The van der Waals surface area contributed by atoms with Gasteiger partial charge in [-0.05, 0) is 73.7 Å². The van der Waals surface area contributed by atoms with Crippen LogP contribution in [0, 0.1) is 30.6 Å². The first kappa shape index (κ1) is 36.6. The maximum absolute atomic E-state index is 15.2. The molecule has 1 aromatic heterocycles. The van der Waals surface area contributed by atoms with E-state index in [1.165, 1.54) is 25.2 Å². The Hall–Kier alpha value is -5.40. The monoisotopic (exact) mass is 789 g/mol. The smallest absolute Gasteiger partial charge is 0.433 e. The van der Waals surface area contributed by atoms with Gasteiger partial charge in [0.1, 0.15) is 11.4 Å². The van der Waals surface area contributed by atoms with Crippen LogP contribution in [0.25, 0.3) is 0 Å². The summed E-state index contributed by atoms with van der Waals surface area (Å²) in [5, 5.41) is 14.2. The zero-order valence-corrected chi connectivity index (χ0v) is 30.7. The van der Waals surface area contributed by atoms with Crippen LogP contribution in [-0.4, -0.2) is 50.8 Å². The number of pyridine rings is 1. The predicted octanol–water partition coefficient (Wildman–Crippen LogP) is 7.46. The first-order valence-corrected chi connectivity index (χ1v) is 18.2. The molecule has 4 aliphatic rings. The Morgan fingerprint density at radius 1 is 0.909 bits per heavy atom. The van der Waals surface area contributed by atoms with Crippen LogP contribution in [0.5, 0.6) is 5.75 Å². The summed E-state index contributed by atoms with van der Waals surface area (Å²) in [6.45, 7) is 1.90. The molecule has 0 unspecified atom stereocenters. The predicted molar refractivity (Wildman–Crippen MR) is 196 cm³/mol. The number of allylic oxidation sites excluding steroid dienone is 2. The molecule has 3 heterocycles. The Labute approximate surface area is 323 Å². The molecule has 55 heavy (non-hydrogen) atoms. The molecular weight excluding hydrogens is 758 g/mol. The number of phenols is 1. The van der Waals surface area contributed by atoms with Crippen molar-refractivity contribution in [2.75, 3.05) is 17.5 Å². The van der Waals surface area contributed by atoms with Crippen LogP contribution in [0.15, 0.2) is 96.6 Å². The molecule has 15 heteroatoms. The summed E-state index contributed by atoms with van der Waals surface area (Å²) in [5.41, 5.74) is 2.84. The third kappa shape index (κ3) is 5.57. The van der Waals surface area contributed by atoms with Crippen molar-refractivity contribution >= 4 is 58.3 Å². The Morgan fingerprint density at radius 2 is 1.62 bits per heavy atom. The number of hydrogen-bond acceptors (Lipinski definition) is 8. The van der Waals surface area contributed by atoms with Crippen molar-refractivity contribution in [3.05, 3.63) is 129 Å². The highest BCUT2D eigenvalue weighted by Gasteiger charge is 2.71. The lowest BCUT2D eigenvalue weighted by atomic mass is 9.49. The summed E-state index contributed by atoms with van der Waals surface area (Å²) in [5.74, 6) is -8.23. The van der Waals surface area contributed by atoms with E-state index in [4.69, 9.17) is 23.2 Å². The average molecular weight is 791 g/mol. The number of carbonyl (C=O) groups is 4. The number of phenolic OH excluding ortho intramolecular Hbond substituents is 1. The number of hydrazine groups is 2. The zero-order chi connectivity index (χ0) is 39.1. The number of aromatic hydroxyl groups is 1. The second-order valence-electron chi connectivity index (χ2n) is 14.3. The number of aromatic nitrogens is 1. The number of nitrogens with zero attached hydrogens (tertiary/aromatic N) is 4. The van der Waals surface area contributed by atoms with E-state index >= 15 is 4.79 Å². The van der Waals surface area contributed by atoms with Crippen LogP contribution in [-0.2, 0) is 30.8 Å². The van der Waals surface area contributed by atoms with Crippen molar-refractivity contribution < 1.29 is 37.5 Å². The molecule has 0 bridgehead atoms. The Kier molecular flexibility index (Phi) is 8.73. The average Bonchev–Trinajstić information content (AvgIpc) is 3.54. The Morgan fingerprint density at radius 3 is 2.31 bits per heavy atom. The van der Waals surface area contributed by atoms with E-state index in [-0.39, 0.29) is 34.2 Å². The molecule has 4 amide bonds. The van der Waals surface area contributed by atoms with Gasteiger partial charge in [-0.15, -0.1) is 0 Å². The number of fused-ring (bicyclic) bond motifs is 4. The number of alkyl halides is 3. The molecule has 0 radical (unpaired) electrons. The molecule has 1 saturated carbocycles. The fourth-order valence-electron chi connectivity index (χ4n) is 9.04. The SMILES string of the molecule is Cc1ccc(NN2C(=O)[C@@H]3C[C@@H]4C(=CC[C@@H]5C(=O)N(N(C)c6nc(C(F)(F)F)ccc6Cl)C(=O)[C@@H]54)[C@H](c4cc(Cl)ccc4O)[C@]3(c3ccccc3)C2=O)cc1. The van der Waals surface area contributed by atoms with Crippen molar-refractivity contribution in [3.63, 3.8) is 0 Å². The van der Waals surface area contributed by atoms with Crippen molar-refractivity contribution in [2.45, 2.75) is 37.3 Å². The van der Waals surface area contributed by atoms with Gasteiger partial charge in [0, 0.05) is 23.6 Å². The van der Waals surface area contributed by atoms with Crippen LogP contribution < -0.4 is 10.4 Å². The second-order valence-corrected chi connectivity index (χ2v) is 15.1. The van der Waals surface area contributed by atoms with Gasteiger partial charge in [-0.2, -0.15) is 23.2 Å². The molecule has 3 aromatic carbocycles.